The Bertz CT molecular complexity index is 587. The van der Waals surface area contributed by atoms with Crippen LogP contribution in [0.3, 0.4) is 0 Å². The fourth-order valence-electron chi connectivity index (χ4n) is 3.10. The van der Waals surface area contributed by atoms with Crippen molar-refractivity contribution in [1.82, 2.24) is 10.2 Å². The first kappa shape index (κ1) is 15.9. The maximum atomic E-state index is 13.7. The molecule has 2 aliphatic rings. The summed E-state index contributed by atoms with van der Waals surface area (Å²) in [7, 11) is 0. The summed E-state index contributed by atoms with van der Waals surface area (Å²) in [6.45, 7) is 1.79. The van der Waals surface area contributed by atoms with Crippen molar-refractivity contribution in [2.45, 2.75) is 31.9 Å². The van der Waals surface area contributed by atoms with Crippen LogP contribution in [0.25, 0.3) is 0 Å². The predicted molar refractivity (Wildman–Crippen MR) is 81.9 cm³/mol. The monoisotopic (exact) mass is 320 g/mol. The Hall–Kier alpha value is -1.95. The van der Waals surface area contributed by atoms with Crippen LogP contribution in [-0.4, -0.2) is 42.5 Å². The Labute approximate surface area is 134 Å². The molecule has 1 N–H and O–H groups in total. The molecule has 3 rings (SSSR count). The minimum Gasteiger partial charge on any atom is -0.376 e. The molecule has 6 heteroatoms. The normalized spacial score (nSPS) is 24.2. The molecule has 2 amide bonds. The van der Waals surface area contributed by atoms with Crippen molar-refractivity contribution in [2.24, 2.45) is 5.92 Å². The maximum absolute atomic E-state index is 13.7. The van der Waals surface area contributed by atoms with Gasteiger partial charge in [-0.2, -0.15) is 0 Å². The molecule has 1 aromatic carbocycles. The largest absolute Gasteiger partial charge is 0.376 e. The van der Waals surface area contributed by atoms with Crippen molar-refractivity contribution in [2.75, 3.05) is 19.7 Å². The molecule has 2 saturated heterocycles. The molecule has 2 fully saturated rings. The molecule has 1 aromatic rings. The Kier molecular flexibility index (Phi) is 4.91. The summed E-state index contributed by atoms with van der Waals surface area (Å²) >= 11 is 0. The zero-order valence-corrected chi connectivity index (χ0v) is 13.0. The second-order valence-corrected chi connectivity index (χ2v) is 6.15. The van der Waals surface area contributed by atoms with Crippen molar-refractivity contribution in [1.29, 1.82) is 0 Å². The Morgan fingerprint density at radius 2 is 2.22 bits per heavy atom. The van der Waals surface area contributed by atoms with E-state index < -0.39 is 0 Å². The summed E-state index contributed by atoms with van der Waals surface area (Å²) in [6, 6.07) is 6.39. The average molecular weight is 320 g/mol. The van der Waals surface area contributed by atoms with E-state index in [0.29, 0.717) is 18.7 Å². The minimum atomic E-state index is -0.365. The number of likely N-dealkylation sites (tertiary alicyclic amines) is 1. The molecular weight excluding hydrogens is 299 g/mol. The molecule has 0 aliphatic carbocycles. The maximum Gasteiger partial charge on any atom is 0.225 e. The number of hydrogen-bond acceptors (Lipinski definition) is 3. The van der Waals surface area contributed by atoms with Crippen molar-refractivity contribution in [3.63, 3.8) is 0 Å². The van der Waals surface area contributed by atoms with Gasteiger partial charge in [-0.25, -0.2) is 4.39 Å². The number of halogens is 1. The van der Waals surface area contributed by atoms with E-state index in [1.165, 1.54) is 6.07 Å². The van der Waals surface area contributed by atoms with E-state index in [2.05, 4.69) is 5.32 Å². The van der Waals surface area contributed by atoms with E-state index in [1.807, 2.05) is 0 Å². The fourth-order valence-corrected chi connectivity index (χ4v) is 3.10. The Morgan fingerprint density at radius 3 is 2.96 bits per heavy atom. The van der Waals surface area contributed by atoms with Gasteiger partial charge in [-0.05, 0) is 18.9 Å². The van der Waals surface area contributed by atoms with Gasteiger partial charge in [0.05, 0.1) is 12.0 Å². The van der Waals surface area contributed by atoms with Crippen LogP contribution in [0.2, 0.25) is 0 Å². The van der Waals surface area contributed by atoms with Gasteiger partial charge >= 0.3 is 0 Å². The molecule has 5 nitrogen and oxygen atoms in total. The van der Waals surface area contributed by atoms with Gasteiger partial charge in [-0.3, -0.25) is 9.59 Å². The lowest BCUT2D eigenvalue weighted by Gasteiger charge is -2.17. The number of nitrogens with zero attached hydrogens (tertiary/aromatic N) is 1. The SMILES string of the molecule is O=C(NC[C@H]1CCCO1)[C@@H]1CC(=O)N(Cc2ccccc2F)C1. The zero-order chi connectivity index (χ0) is 16.2. The van der Waals surface area contributed by atoms with Crippen molar-refractivity contribution >= 4 is 11.8 Å². The number of rotatable bonds is 5. The third kappa shape index (κ3) is 3.88. The highest BCUT2D eigenvalue weighted by Crippen LogP contribution is 2.21. The molecule has 2 heterocycles. The van der Waals surface area contributed by atoms with E-state index in [1.54, 1.807) is 23.1 Å². The van der Waals surface area contributed by atoms with Gasteiger partial charge in [0.1, 0.15) is 5.82 Å². The highest BCUT2D eigenvalue weighted by Gasteiger charge is 2.34. The lowest BCUT2D eigenvalue weighted by molar-refractivity contribution is -0.129. The van der Waals surface area contributed by atoms with Gasteiger partial charge in [0.25, 0.3) is 0 Å². The number of ether oxygens (including phenoxy) is 1. The van der Waals surface area contributed by atoms with Gasteiger partial charge in [0, 0.05) is 38.2 Å². The Morgan fingerprint density at radius 1 is 1.39 bits per heavy atom. The second kappa shape index (κ2) is 7.08. The average Bonchev–Trinajstić information content (AvgIpc) is 3.18. The third-order valence-electron chi connectivity index (χ3n) is 4.43. The van der Waals surface area contributed by atoms with Crippen molar-refractivity contribution in [3.05, 3.63) is 35.6 Å². The highest BCUT2D eigenvalue weighted by molar-refractivity contribution is 5.89. The van der Waals surface area contributed by atoms with Crippen LogP contribution in [0.5, 0.6) is 0 Å². The van der Waals surface area contributed by atoms with Crippen LogP contribution < -0.4 is 5.32 Å². The molecule has 124 valence electrons. The van der Waals surface area contributed by atoms with Gasteiger partial charge in [0.15, 0.2) is 0 Å². The summed E-state index contributed by atoms with van der Waals surface area (Å²) in [5.74, 6) is -0.919. The lowest BCUT2D eigenvalue weighted by Crippen LogP contribution is -2.37. The van der Waals surface area contributed by atoms with Crippen molar-refractivity contribution in [3.8, 4) is 0 Å². The second-order valence-electron chi connectivity index (χ2n) is 6.15. The van der Waals surface area contributed by atoms with Gasteiger partial charge < -0.3 is 15.0 Å². The van der Waals surface area contributed by atoms with E-state index in [4.69, 9.17) is 4.74 Å². The molecule has 0 bridgehead atoms. The summed E-state index contributed by atoms with van der Waals surface area (Å²) < 4.78 is 19.2. The van der Waals surface area contributed by atoms with Gasteiger partial charge in [-0.1, -0.05) is 18.2 Å². The summed E-state index contributed by atoms with van der Waals surface area (Å²) in [5.41, 5.74) is 0.473. The predicted octanol–water partition coefficient (Wildman–Crippen LogP) is 1.47. The number of amides is 2. The van der Waals surface area contributed by atoms with Crippen LogP contribution in [0.15, 0.2) is 24.3 Å². The van der Waals surface area contributed by atoms with Crippen LogP contribution in [0, 0.1) is 11.7 Å². The molecular formula is C17H21FN2O3. The van der Waals surface area contributed by atoms with E-state index in [0.717, 1.165) is 19.4 Å². The molecule has 23 heavy (non-hydrogen) atoms. The number of benzene rings is 1. The molecule has 2 aliphatic heterocycles. The summed E-state index contributed by atoms with van der Waals surface area (Å²) in [4.78, 5) is 25.8. The van der Waals surface area contributed by atoms with E-state index >= 15 is 0 Å². The fraction of sp³-hybridized carbons (Fsp3) is 0.529. The van der Waals surface area contributed by atoms with Crippen LogP contribution in [0.4, 0.5) is 4.39 Å². The van der Waals surface area contributed by atoms with E-state index in [9.17, 15) is 14.0 Å². The molecule has 0 aromatic heterocycles. The molecule has 2 atom stereocenters. The van der Waals surface area contributed by atoms with E-state index in [-0.39, 0.29) is 42.6 Å². The number of carbonyl (C=O) groups excluding carboxylic acids is 2. The number of hydrogen-bond donors (Lipinski definition) is 1. The summed E-state index contributed by atoms with van der Waals surface area (Å²) in [5, 5.41) is 2.87. The smallest absolute Gasteiger partial charge is 0.225 e. The topological polar surface area (TPSA) is 58.6 Å². The number of nitrogens with one attached hydrogen (secondary N) is 1. The lowest BCUT2D eigenvalue weighted by atomic mass is 10.1. The molecule has 0 spiro atoms. The Balaban J connectivity index is 1.52. The van der Waals surface area contributed by atoms with Gasteiger partial charge in [-0.15, -0.1) is 0 Å². The molecule has 0 unspecified atom stereocenters. The third-order valence-corrected chi connectivity index (χ3v) is 4.43. The first-order valence-electron chi connectivity index (χ1n) is 8.04. The zero-order valence-electron chi connectivity index (χ0n) is 13.0. The molecule has 0 saturated carbocycles. The summed E-state index contributed by atoms with van der Waals surface area (Å²) in [6.07, 6.45) is 2.26. The first-order valence-corrected chi connectivity index (χ1v) is 8.04. The van der Waals surface area contributed by atoms with Crippen LogP contribution in [-0.2, 0) is 20.9 Å². The van der Waals surface area contributed by atoms with Crippen molar-refractivity contribution < 1.29 is 18.7 Å². The van der Waals surface area contributed by atoms with Crippen LogP contribution in [0.1, 0.15) is 24.8 Å². The quantitative estimate of drug-likeness (QED) is 0.894. The van der Waals surface area contributed by atoms with Crippen LogP contribution >= 0.6 is 0 Å². The first-order chi connectivity index (χ1) is 11.1. The standard InChI is InChI=1S/C17H21FN2O3/c18-15-6-2-1-4-12(15)10-20-11-13(8-16(20)21)17(22)19-9-14-5-3-7-23-14/h1-2,4,6,13-14H,3,5,7-11H2,(H,19,22)/t13-,14-/m1/s1. The minimum absolute atomic E-state index is 0.0885. The number of carbonyl (C=O) groups is 2. The van der Waals surface area contributed by atoms with Gasteiger partial charge in [0.2, 0.25) is 11.8 Å². The highest BCUT2D eigenvalue weighted by atomic mass is 19.1. The molecule has 0 radical (unpaired) electrons.